The Hall–Kier alpha value is -4.05. The maximum absolute atomic E-state index is 13.9. The van der Waals surface area contributed by atoms with E-state index in [4.69, 9.17) is 4.74 Å². The number of alkyl halides is 6. The van der Waals surface area contributed by atoms with Crippen LogP contribution in [0.1, 0.15) is 61.3 Å². The number of para-hydroxylation sites is 1. The number of benzene rings is 2. The number of aliphatic hydroxyl groups is 1. The van der Waals surface area contributed by atoms with Crippen LogP contribution in [0.25, 0.3) is 0 Å². The lowest BCUT2D eigenvalue weighted by Crippen LogP contribution is -2.52. The van der Waals surface area contributed by atoms with Crippen LogP contribution in [0.5, 0.6) is 0 Å². The van der Waals surface area contributed by atoms with E-state index in [1.54, 1.807) is 11.8 Å². The molecule has 0 aliphatic carbocycles. The van der Waals surface area contributed by atoms with Crippen molar-refractivity contribution in [3.8, 4) is 0 Å². The van der Waals surface area contributed by atoms with Gasteiger partial charge in [-0.2, -0.15) is 26.3 Å². The highest BCUT2D eigenvalue weighted by Gasteiger charge is 2.41. The van der Waals surface area contributed by atoms with Crippen LogP contribution in [0.3, 0.4) is 0 Å². The number of β-amino-alcohol motifs (C(OH)–C–C–N with tert-alkyl or cyclic N) is 1. The summed E-state index contributed by atoms with van der Waals surface area (Å²) in [6.45, 7) is 4.20. The third-order valence-electron chi connectivity index (χ3n) is 10.7. The van der Waals surface area contributed by atoms with Crippen LogP contribution in [0.4, 0.5) is 41.6 Å². The molecule has 2 N–H and O–H groups in total. The molecule has 10 nitrogen and oxygen atoms in total. The number of likely N-dealkylation sites (tertiary alicyclic amines) is 3. The zero-order valence-electron chi connectivity index (χ0n) is 28.8. The Morgan fingerprint density at radius 1 is 0.885 bits per heavy atom. The lowest BCUT2D eigenvalue weighted by molar-refractivity contribution is -0.143. The van der Waals surface area contributed by atoms with E-state index in [1.165, 1.54) is 9.80 Å². The van der Waals surface area contributed by atoms with Gasteiger partial charge in [-0.1, -0.05) is 18.2 Å². The Labute approximate surface area is 297 Å². The minimum atomic E-state index is -5.09. The SMILES string of the molecule is CC1(O)CCN(C2CCN(C(=O)[C@@H](Cc3cc(C(F)(F)F)cc(C(F)(F)F)c3)OC(=O)N3CCC(N4CCc5ccccc5NC4=O)CC3)CC2)C1. The molecule has 0 saturated carbocycles. The summed E-state index contributed by atoms with van der Waals surface area (Å²) in [7, 11) is 0. The molecule has 2 atom stereocenters. The second-order valence-corrected chi connectivity index (χ2v) is 14.5. The average Bonchev–Trinajstić information content (AvgIpc) is 3.37. The molecule has 16 heteroatoms. The fourth-order valence-corrected chi connectivity index (χ4v) is 7.77. The number of carbonyl (C=O) groups excluding carboxylic acids is 3. The van der Waals surface area contributed by atoms with Crippen LogP contribution in [-0.2, 0) is 34.7 Å². The van der Waals surface area contributed by atoms with Gasteiger partial charge in [0, 0.05) is 70.0 Å². The minimum Gasteiger partial charge on any atom is -0.436 e. The van der Waals surface area contributed by atoms with Gasteiger partial charge in [-0.25, -0.2) is 9.59 Å². The summed E-state index contributed by atoms with van der Waals surface area (Å²) in [5.74, 6) is -0.707. The smallest absolute Gasteiger partial charge is 0.416 e. The summed E-state index contributed by atoms with van der Waals surface area (Å²) in [5, 5.41) is 13.3. The van der Waals surface area contributed by atoms with Crippen molar-refractivity contribution in [2.75, 3.05) is 51.1 Å². The highest BCUT2D eigenvalue weighted by Crippen LogP contribution is 2.37. The highest BCUT2D eigenvalue weighted by molar-refractivity contribution is 5.91. The largest absolute Gasteiger partial charge is 0.436 e. The molecule has 3 saturated heterocycles. The van der Waals surface area contributed by atoms with Crippen LogP contribution in [0, 0.1) is 0 Å². The molecule has 284 valence electrons. The summed E-state index contributed by atoms with van der Waals surface area (Å²) in [5.41, 5.74) is -2.57. The molecular formula is C36H43F6N5O5. The zero-order chi connectivity index (χ0) is 37.4. The predicted molar refractivity (Wildman–Crippen MR) is 177 cm³/mol. The average molecular weight is 740 g/mol. The normalized spacial score (nSPS) is 23.2. The summed E-state index contributed by atoms with van der Waals surface area (Å²) in [6.07, 6.45) is -10.4. The zero-order valence-corrected chi connectivity index (χ0v) is 28.8. The van der Waals surface area contributed by atoms with Gasteiger partial charge in [-0.3, -0.25) is 9.69 Å². The molecule has 4 amide bonds. The summed E-state index contributed by atoms with van der Waals surface area (Å²) in [6, 6.07) is 8.25. The van der Waals surface area contributed by atoms with Crippen molar-refractivity contribution in [2.24, 2.45) is 0 Å². The van der Waals surface area contributed by atoms with Gasteiger partial charge in [0.15, 0.2) is 6.10 Å². The second kappa shape index (κ2) is 14.8. The Kier molecular flexibility index (Phi) is 10.7. The number of amides is 4. The van der Waals surface area contributed by atoms with Gasteiger partial charge in [0.1, 0.15) is 0 Å². The first-order valence-corrected chi connectivity index (χ1v) is 17.6. The van der Waals surface area contributed by atoms with Crippen molar-refractivity contribution in [1.82, 2.24) is 19.6 Å². The molecule has 0 radical (unpaired) electrons. The Morgan fingerprint density at radius 2 is 1.48 bits per heavy atom. The van der Waals surface area contributed by atoms with E-state index in [2.05, 4.69) is 10.2 Å². The highest BCUT2D eigenvalue weighted by atomic mass is 19.4. The van der Waals surface area contributed by atoms with Crippen LogP contribution in [-0.4, -0.2) is 112 Å². The molecule has 1 unspecified atom stereocenters. The van der Waals surface area contributed by atoms with Gasteiger partial charge in [0.05, 0.1) is 16.7 Å². The van der Waals surface area contributed by atoms with E-state index in [0.717, 1.165) is 11.3 Å². The van der Waals surface area contributed by atoms with Gasteiger partial charge in [-0.15, -0.1) is 0 Å². The fourth-order valence-electron chi connectivity index (χ4n) is 7.77. The number of hydrogen-bond donors (Lipinski definition) is 2. The third-order valence-corrected chi connectivity index (χ3v) is 10.7. The van der Waals surface area contributed by atoms with E-state index in [-0.39, 0.29) is 50.4 Å². The number of urea groups is 1. The monoisotopic (exact) mass is 739 g/mol. The predicted octanol–water partition coefficient (Wildman–Crippen LogP) is 5.77. The van der Waals surface area contributed by atoms with E-state index in [1.807, 2.05) is 24.3 Å². The number of nitrogens with one attached hydrogen (secondary N) is 1. The minimum absolute atomic E-state index is 0.0141. The van der Waals surface area contributed by atoms with Gasteiger partial charge in [0.25, 0.3) is 5.91 Å². The van der Waals surface area contributed by atoms with Gasteiger partial charge < -0.3 is 29.9 Å². The maximum atomic E-state index is 13.9. The van der Waals surface area contributed by atoms with Crippen molar-refractivity contribution < 1.29 is 50.6 Å². The molecule has 4 aliphatic rings. The van der Waals surface area contributed by atoms with Crippen LogP contribution < -0.4 is 5.32 Å². The lowest BCUT2D eigenvalue weighted by Gasteiger charge is -2.39. The van der Waals surface area contributed by atoms with E-state index in [0.29, 0.717) is 70.3 Å². The molecule has 2 aromatic carbocycles. The van der Waals surface area contributed by atoms with E-state index < -0.39 is 59.2 Å². The number of ether oxygens (including phenoxy) is 1. The quantitative estimate of drug-likeness (QED) is 0.365. The molecule has 2 aromatic rings. The second-order valence-electron chi connectivity index (χ2n) is 14.5. The number of rotatable bonds is 6. The molecule has 0 spiro atoms. The van der Waals surface area contributed by atoms with Crippen LogP contribution in [0.15, 0.2) is 42.5 Å². The molecule has 4 aliphatic heterocycles. The summed E-state index contributed by atoms with van der Waals surface area (Å²) in [4.78, 5) is 47.1. The molecule has 6 rings (SSSR count). The van der Waals surface area contributed by atoms with E-state index in [9.17, 15) is 45.8 Å². The Bertz CT molecular complexity index is 1600. The molecule has 52 heavy (non-hydrogen) atoms. The first-order chi connectivity index (χ1) is 24.5. The van der Waals surface area contributed by atoms with Gasteiger partial charge in [-0.05, 0) is 80.8 Å². The standard InChI is InChI=1S/C36H43F6N5O5/c1-34(51)11-17-46(22-34)27-7-12-44(13-8-27)31(48)30(20-23-18-25(35(37,38)39)21-26(19-23)36(40,41)42)52-33(50)45-14-9-28(10-15-45)47-16-6-24-4-2-3-5-29(24)43-32(47)49/h2-5,18-19,21,27-28,30,51H,6-17,20,22H2,1H3,(H,43,49)/t30-,34?/m1/s1. The van der Waals surface area contributed by atoms with Crippen molar-refractivity contribution in [1.29, 1.82) is 0 Å². The lowest BCUT2D eigenvalue weighted by atomic mass is 9.98. The first kappa shape index (κ1) is 37.7. The number of fused-ring (bicyclic) bond motifs is 1. The summed E-state index contributed by atoms with van der Waals surface area (Å²) < 4.78 is 87.8. The maximum Gasteiger partial charge on any atom is 0.416 e. The van der Waals surface area contributed by atoms with Crippen molar-refractivity contribution >= 4 is 23.7 Å². The molecular weight excluding hydrogens is 696 g/mol. The van der Waals surface area contributed by atoms with Crippen molar-refractivity contribution in [3.05, 3.63) is 64.7 Å². The van der Waals surface area contributed by atoms with Crippen LogP contribution in [0.2, 0.25) is 0 Å². The number of piperidine rings is 2. The Balaban J connectivity index is 1.15. The van der Waals surface area contributed by atoms with E-state index >= 15 is 0 Å². The molecule has 3 fully saturated rings. The topological polar surface area (TPSA) is 106 Å². The Morgan fingerprint density at radius 3 is 2.08 bits per heavy atom. The number of hydrogen-bond acceptors (Lipinski definition) is 6. The van der Waals surface area contributed by atoms with Crippen molar-refractivity contribution in [2.45, 2.75) is 88.0 Å². The van der Waals surface area contributed by atoms with Crippen molar-refractivity contribution in [3.63, 3.8) is 0 Å². The number of carbonyl (C=O) groups is 3. The number of nitrogens with zero attached hydrogens (tertiary/aromatic N) is 4. The number of halogens is 6. The first-order valence-electron chi connectivity index (χ1n) is 17.6. The van der Waals surface area contributed by atoms with Gasteiger partial charge in [0.2, 0.25) is 0 Å². The van der Waals surface area contributed by atoms with Crippen LogP contribution >= 0.6 is 0 Å². The molecule has 0 bridgehead atoms. The molecule has 4 heterocycles. The summed E-state index contributed by atoms with van der Waals surface area (Å²) >= 11 is 0. The molecule has 0 aromatic heterocycles. The third kappa shape index (κ3) is 8.76. The van der Waals surface area contributed by atoms with Gasteiger partial charge >= 0.3 is 24.5 Å². The number of anilines is 1. The fraction of sp³-hybridized carbons (Fsp3) is 0.583.